The standard InChI is InChI=1S/C23H30OS/c1-2-3-6-13-25-23-12-11-22(20-7-4-5-8-21(20)23)24-16-19-15-17-9-10-18(19)14-17/h4-5,7-8,11-12,17-19H,2-3,6,9-10,13-16H2,1H3. The van der Waals surface area contributed by atoms with Gasteiger partial charge in [0.25, 0.3) is 0 Å². The van der Waals surface area contributed by atoms with Crippen LogP contribution in [0.1, 0.15) is 51.9 Å². The minimum Gasteiger partial charge on any atom is -0.493 e. The molecule has 2 heteroatoms. The van der Waals surface area contributed by atoms with Crippen molar-refractivity contribution in [2.75, 3.05) is 12.4 Å². The lowest BCUT2D eigenvalue weighted by atomic mass is 9.89. The molecule has 2 bridgehead atoms. The number of thioether (sulfide) groups is 1. The third-order valence-electron chi connectivity index (χ3n) is 6.19. The van der Waals surface area contributed by atoms with Gasteiger partial charge in [-0.1, -0.05) is 50.5 Å². The smallest absolute Gasteiger partial charge is 0.127 e. The van der Waals surface area contributed by atoms with Crippen molar-refractivity contribution in [3.63, 3.8) is 0 Å². The molecule has 1 nitrogen and oxygen atoms in total. The van der Waals surface area contributed by atoms with Gasteiger partial charge in [0.1, 0.15) is 5.75 Å². The Hall–Kier alpha value is -1.15. The first-order valence-corrected chi connectivity index (χ1v) is 11.1. The molecule has 0 N–H and O–H groups in total. The third-order valence-corrected chi connectivity index (χ3v) is 7.35. The first-order valence-electron chi connectivity index (χ1n) is 10.1. The van der Waals surface area contributed by atoms with Crippen molar-refractivity contribution >= 4 is 22.5 Å². The number of unbranched alkanes of at least 4 members (excludes halogenated alkanes) is 2. The van der Waals surface area contributed by atoms with E-state index >= 15 is 0 Å². The second kappa shape index (κ2) is 8.03. The van der Waals surface area contributed by atoms with Crippen LogP contribution in [0.3, 0.4) is 0 Å². The van der Waals surface area contributed by atoms with Crippen molar-refractivity contribution < 1.29 is 4.74 Å². The van der Waals surface area contributed by atoms with Crippen LogP contribution >= 0.6 is 11.8 Å². The van der Waals surface area contributed by atoms with Crippen LogP contribution in [0.5, 0.6) is 5.75 Å². The van der Waals surface area contributed by atoms with Crippen molar-refractivity contribution in [3.05, 3.63) is 36.4 Å². The van der Waals surface area contributed by atoms with Crippen molar-refractivity contribution in [2.24, 2.45) is 17.8 Å². The average Bonchev–Trinajstić information content (AvgIpc) is 3.27. The van der Waals surface area contributed by atoms with Crippen LogP contribution in [0.4, 0.5) is 0 Å². The van der Waals surface area contributed by atoms with Crippen molar-refractivity contribution in [3.8, 4) is 5.75 Å². The molecule has 134 valence electrons. The summed E-state index contributed by atoms with van der Waals surface area (Å²) in [5.41, 5.74) is 0. The van der Waals surface area contributed by atoms with Crippen LogP contribution in [-0.4, -0.2) is 12.4 Å². The molecule has 0 spiro atoms. The van der Waals surface area contributed by atoms with Gasteiger partial charge in [-0.25, -0.2) is 0 Å². The summed E-state index contributed by atoms with van der Waals surface area (Å²) in [6.45, 7) is 3.18. The fraction of sp³-hybridized carbons (Fsp3) is 0.565. The molecule has 2 aromatic carbocycles. The lowest BCUT2D eigenvalue weighted by Gasteiger charge is -2.22. The monoisotopic (exact) mass is 354 g/mol. The molecule has 0 heterocycles. The van der Waals surface area contributed by atoms with E-state index in [0.29, 0.717) is 0 Å². The van der Waals surface area contributed by atoms with Gasteiger partial charge in [0.05, 0.1) is 6.61 Å². The summed E-state index contributed by atoms with van der Waals surface area (Å²) in [6.07, 6.45) is 9.68. The highest BCUT2D eigenvalue weighted by atomic mass is 32.2. The zero-order chi connectivity index (χ0) is 17.1. The van der Waals surface area contributed by atoms with Gasteiger partial charge in [-0.3, -0.25) is 0 Å². The van der Waals surface area contributed by atoms with Crippen LogP contribution in [0, 0.1) is 17.8 Å². The first-order chi connectivity index (χ1) is 12.3. The molecule has 0 aliphatic heterocycles. The Balaban J connectivity index is 1.46. The second-order valence-corrected chi connectivity index (χ2v) is 9.05. The topological polar surface area (TPSA) is 9.23 Å². The molecular weight excluding hydrogens is 324 g/mol. The molecule has 3 unspecified atom stereocenters. The number of rotatable bonds is 8. The first kappa shape index (κ1) is 17.3. The number of ether oxygens (including phenoxy) is 1. The van der Waals surface area contributed by atoms with Gasteiger partial charge in [-0.2, -0.15) is 0 Å². The highest BCUT2D eigenvalue weighted by molar-refractivity contribution is 7.99. The highest BCUT2D eigenvalue weighted by Gasteiger charge is 2.39. The SMILES string of the molecule is CCCCCSc1ccc(OCC2CC3CCC2C3)c2ccccc12. The van der Waals surface area contributed by atoms with Crippen LogP contribution in [0.2, 0.25) is 0 Å². The Morgan fingerprint density at radius 1 is 1.00 bits per heavy atom. The van der Waals surface area contributed by atoms with E-state index in [1.165, 1.54) is 66.4 Å². The maximum absolute atomic E-state index is 6.34. The minimum atomic E-state index is 0.792. The fourth-order valence-electron chi connectivity index (χ4n) is 4.81. The maximum Gasteiger partial charge on any atom is 0.127 e. The van der Waals surface area contributed by atoms with Crippen molar-refractivity contribution in [2.45, 2.75) is 56.8 Å². The molecule has 4 rings (SSSR count). The predicted molar refractivity (Wildman–Crippen MR) is 109 cm³/mol. The lowest BCUT2D eigenvalue weighted by molar-refractivity contribution is 0.197. The van der Waals surface area contributed by atoms with E-state index in [1.807, 2.05) is 11.8 Å². The Bertz CT molecular complexity index is 710. The highest BCUT2D eigenvalue weighted by Crippen LogP contribution is 2.48. The minimum absolute atomic E-state index is 0.792. The van der Waals surface area contributed by atoms with E-state index in [2.05, 4.69) is 43.3 Å². The molecular formula is C23H30OS. The number of fused-ring (bicyclic) bond motifs is 3. The molecule has 0 amide bonds. The third kappa shape index (κ3) is 3.84. The van der Waals surface area contributed by atoms with Crippen molar-refractivity contribution in [1.82, 2.24) is 0 Å². The molecule has 0 radical (unpaired) electrons. The van der Waals surface area contributed by atoms with E-state index < -0.39 is 0 Å². The van der Waals surface area contributed by atoms with Crippen molar-refractivity contribution in [1.29, 1.82) is 0 Å². The normalized spacial score (nSPS) is 24.9. The van der Waals surface area contributed by atoms with E-state index in [0.717, 1.165) is 30.1 Å². The van der Waals surface area contributed by atoms with Crippen LogP contribution in [-0.2, 0) is 0 Å². The summed E-state index contributed by atoms with van der Waals surface area (Å²) >= 11 is 2.00. The zero-order valence-corrected chi connectivity index (χ0v) is 16.2. The molecule has 2 saturated carbocycles. The second-order valence-electron chi connectivity index (χ2n) is 7.91. The Kier molecular flexibility index (Phi) is 5.55. The molecule has 2 aromatic rings. The van der Waals surface area contributed by atoms with E-state index in [4.69, 9.17) is 4.74 Å². The zero-order valence-electron chi connectivity index (χ0n) is 15.4. The van der Waals surface area contributed by atoms with Gasteiger partial charge in [-0.15, -0.1) is 11.8 Å². The molecule has 0 saturated heterocycles. The van der Waals surface area contributed by atoms with E-state index in [9.17, 15) is 0 Å². The molecule has 0 aromatic heterocycles. The van der Waals surface area contributed by atoms with Gasteiger partial charge >= 0.3 is 0 Å². The molecule has 2 fully saturated rings. The number of hydrogen-bond donors (Lipinski definition) is 0. The van der Waals surface area contributed by atoms with Gasteiger partial charge in [0.15, 0.2) is 0 Å². The summed E-state index contributed by atoms with van der Waals surface area (Å²) in [4.78, 5) is 1.40. The fourth-order valence-corrected chi connectivity index (χ4v) is 5.87. The van der Waals surface area contributed by atoms with Crippen LogP contribution in [0.15, 0.2) is 41.3 Å². The Morgan fingerprint density at radius 2 is 1.88 bits per heavy atom. The largest absolute Gasteiger partial charge is 0.493 e. The van der Waals surface area contributed by atoms with Gasteiger partial charge in [0, 0.05) is 10.3 Å². The summed E-state index contributed by atoms with van der Waals surface area (Å²) in [5.74, 6) is 5.02. The van der Waals surface area contributed by atoms with Gasteiger partial charge in [0.2, 0.25) is 0 Å². The quantitative estimate of drug-likeness (QED) is 0.375. The molecule has 2 aliphatic rings. The summed E-state index contributed by atoms with van der Waals surface area (Å²) in [7, 11) is 0. The molecule has 3 atom stereocenters. The number of benzene rings is 2. The average molecular weight is 355 g/mol. The Morgan fingerprint density at radius 3 is 2.64 bits per heavy atom. The number of hydrogen-bond acceptors (Lipinski definition) is 2. The summed E-state index contributed by atoms with van der Waals surface area (Å²) < 4.78 is 6.34. The van der Waals surface area contributed by atoms with E-state index in [-0.39, 0.29) is 0 Å². The van der Waals surface area contributed by atoms with Crippen LogP contribution < -0.4 is 4.74 Å². The van der Waals surface area contributed by atoms with E-state index in [1.54, 1.807) is 0 Å². The molecule has 25 heavy (non-hydrogen) atoms. The van der Waals surface area contributed by atoms with Crippen LogP contribution in [0.25, 0.3) is 10.8 Å². The molecule has 2 aliphatic carbocycles. The summed E-state index contributed by atoms with van der Waals surface area (Å²) in [5, 5.41) is 2.64. The lowest BCUT2D eigenvalue weighted by Crippen LogP contribution is -2.18. The Labute approximate surface area is 156 Å². The van der Waals surface area contributed by atoms with Gasteiger partial charge < -0.3 is 4.74 Å². The maximum atomic E-state index is 6.34. The van der Waals surface area contributed by atoms with Gasteiger partial charge in [-0.05, 0) is 66.7 Å². The predicted octanol–water partition coefficient (Wildman–Crippen LogP) is 6.94. The summed E-state index contributed by atoms with van der Waals surface area (Å²) in [6, 6.07) is 13.2.